The number of carbonyl (C=O) groups is 2. The van der Waals surface area contributed by atoms with Gasteiger partial charge < -0.3 is 20.7 Å². The molecule has 1 rings (SSSR count). The van der Waals surface area contributed by atoms with Crippen molar-refractivity contribution in [2.75, 3.05) is 0 Å². The molecule has 2 unspecified atom stereocenters. The molecule has 6 heteroatoms. The number of benzene rings is 1. The quantitative estimate of drug-likeness (QED) is 0.500. The molecule has 0 fully saturated rings. The average molecular weight is 253 g/mol. The van der Waals surface area contributed by atoms with Crippen molar-refractivity contribution in [3.8, 4) is 5.75 Å². The van der Waals surface area contributed by atoms with Crippen LogP contribution >= 0.6 is 0 Å². The number of carboxylic acid groups (broad SMARTS) is 1. The van der Waals surface area contributed by atoms with Crippen molar-refractivity contribution in [1.82, 2.24) is 0 Å². The third-order valence-electron chi connectivity index (χ3n) is 2.26. The van der Waals surface area contributed by atoms with E-state index < -0.39 is 24.1 Å². The lowest BCUT2D eigenvalue weighted by atomic mass is 10.1. The van der Waals surface area contributed by atoms with Crippen molar-refractivity contribution in [3.05, 3.63) is 29.8 Å². The molecule has 0 aromatic heterocycles. The van der Waals surface area contributed by atoms with E-state index in [0.29, 0.717) is 0 Å². The molecule has 0 saturated carbocycles. The Balaban J connectivity index is 2.63. The van der Waals surface area contributed by atoms with Gasteiger partial charge in [-0.2, -0.15) is 0 Å². The Hall–Kier alpha value is -1.92. The Morgan fingerprint density at radius 1 is 1.33 bits per heavy atom. The number of aliphatic carboxylic acids is 1. The van der Waals surface area contributed by atoms with Crippen molar-refractivity contribution in [2.24, 2.45) is 5.73 Å². The Morgan fingerprint density at radius 3 is 2.33 bits per heavy atom. The van der Waals surface area contributed by atoms with Gasteiger partial charge >= 0.3 is 11.9 Å². The zero-order valence-corrected chi connectivity index (χ0v) is 9.87. The summed E-state index contributed by atoms with van der Waals surface area (Å²) in [6, 6.07) is 5.31. The molecule has 4 N–H and O–H groups in total. The van der Waals surface area contributed by atoms with E-state index in [4.69, 9.17) is 20.7 Å². The van der Waals surface area contributed by atoms with E-state index in [9.17, 15) is 9.59 Å². The van der Waals surface area contributed by atoms with E-state index in [-0.39, 0.29) is 12.2 Å². The largest absolute Gasteiger partial charge is 0.480 e. The number of aliphatic hydroxyl groups excluding tert-OH is 1. The number of carbonyl (C=O) groups excluding carboxylic acids is 1. The predicted molar refractivity (Wildman–Crippen MR) is 63.1 cm³/mol. The first-order chi connectivity index (χ1) is 8.40. The molecule has 0 amide bonds. The van der Waals surface area contributed by atoms with Gasteiger partial charge in [0.15, 0.2) is 0 Å². The molecule has 98 valence electrons. The number of esters is 1. The predicted octanol–water partition coefficient (Wildman–Crippen LogP) is -0.0728. The topological polar surface area (TPSA) is 110 Å². The molecule has 0 spiro atoms. The first kappa shape index (κ1) is 14.1. The summed E-state index contributed by atoms with van der Waals surface area (Å²) in [7, 11) is 0. The van der Waals surface area contributed by atoms with Gasteiger partial charge in [0.2, 0.25) is 0 Å². The molecule has 1 aromatic carbocycles. The summed E-state index contributed by atoms with van der Waals surface area (Å²) >= 11 is 0. The Kier molecular flexibility index (Phi) is 4.82. The number of hydrogen-bond donors (Lipinski definition) is 3. The van der Waals surface area contributed by atoms with Crippen LogP contribution in [0.1, 0.15) is 12.5 Å². The number of carboxylic acids is 1. The molecule has 0 aliphatic heterocycles. The van der Waals surface area contributed by atoms with Crippen LogP contribution in [0.3, 0.4) is 0 Å². The van der Waals surface area contributed by atoms with Gasteiger partial charge in [0.1, 0.15) is 17.9 Å². The van der Waals surface area contributed by atoms with Crippen LogP contribution in [0.25, 0.3) is 0 Å². The van der Waals surface area contributed by atoms with E-state index >= 15 is 0 Å². The van der Waals surface area contributed by atoms with Gasteiger partial charge in [-0.25, -0.2) is 4.79 Å². The first-order valence-corrected chi connectivity index (χ1v) is 5.37. The number of hydrogen-bond acceptors (Lipinski definition) is 5. The van der Waals surface area contributed by atoms with E-state index in [1.165, 1.54) is 19.1 Å². The third-order valence-corrected chi connectivity index (χ3v) is 2.26. The molecular formula is C12H15NO5. The summed E-state index contributed by atoms with van der Waals surface area (Å²) < 4.78 is 4.85. The second-order valence-corrected chi connectivity index (χ2v) is 3.89. The van der Waals surface area contributed by atoms with Crippen molar-refractivity contribution < 1.29 is 24.5 Å². The molecule has 0 aliphatic rings. The lowest BCUT2D eigenvalue weighted by molar-refractivity contribution is -0.142. The van der Waals surface area contributed by atoms with Crippen LogP contribution < -0.4 is 10.5 Å². The average Bonchev–Trinajstić information content (AvgIpc) is 2.31. The second-order valence-electron chi connectivity index (χ2n) is 3.89. The fourth-order valence-corrected chi connectivity index (χ4v) is 1.24. The van der Waals surface area contributed by atoms with Crippen LogP contribution in [0.5, 0.6) is 5.75 Å². The zero-order valence-electron chi connectivity index (χ0n) is 9.87. The standard InChI is InChI=1S/C12H15NO5/c1-7(14)12(17)18-9-4-2-8(3-5-9)6-10(13)11(15)16/h2-5,7,10,14H,6,13H2,1H3,(H,15,16). The van der Waals surface area contributed by atoms with Crippen LogP contribution in [-0.4, -0.2) is 34.3 Å². The summed E-state index contributed by atoms with van der Waals surface area (Å²) in [6.45, 7) is 1.31. The molecule has 0 bridgehead atoms. The van der Waals surface area contributed by atoms with Crippen molar-refractivity contribution >= 4 is 11.9 Å². The monoisotopic (exact) mass is 253 g/mol. The molecule has 0 radical (unpaired) electrons. The number of rotatable bonds is 5. The summed E-state index contributed by atoms with van der Waals surface area (Å²) in [6.07, 6.45) is -0.995. The molecule has 0 saturated heterocycles. The highest BCUT2D eigenvalue weighted by Crippen LogP contribution is 2.14. The van der Waals surface area contributed by atoms with Gasteiger partial charge in [-0.05, 0) is 31.0 Å². The zero-order chi connectivity index (χ0) is 13.7. The molecule has 18 heavy (non-hydrogen) atoms. The Labute approximate surface area is 104 Å². The Bertz CT molecular complexity index is 427. The minimum Gasteiger partial charge on any atom is -0.480 e. The molecule has 0 heterocycles. The summed E-state index contributed by atoms with van der Waals surface area (Å²) in [4.78, 5) is 21.7. The summed E-state index contributed by atoms with van der Waals surface area (Å²) in [5.74, 6) is -1.53. The van der Waals surface area contributed by atoms with Crippen LogP contribution in [0.2, 0.25) is 0 Å². The van der Waals surface area contributed by atoms with E-state index in [2.05, 4.69) is 0 Å². The maximum atomic E-state index is 11.1. The Morgan fingerprint density at radius 2 is 1.89 bits per heavy atom. The van der Waals surface area contributed by atoms with Gasteiger partial charge in [0.25, 0.3) is 0 Å². The molecule has 2 atom stereocenters. The van der Waals surface area contributed by atoms with Crippen LogP contribution in [0, 0.1) is 0 Å². The lowest BCUT2D eigenvalue weighted by Gasteiger charge is -2.08. The highest BCUT2D eigenvalue weighted by Gasteiger charge is 2.13. The highest BCUT2D eigenvalue weighted by molar-refractivity contribution is 5.76. The number of ether oxygens (including phenoxy) is 1. The van der Waals surface area contributed by atoms with Gasteiger partial charge in [0, 0.05) is 0 Å². The molecule has 1 aromatic rings. The number of nitrogens with two attached hydrogens (primary N) is 1. The van der Waals surface area contributed by atoms with Gasteiger partial charge in [-0.15, -0.1) is 0 Å². The highest BCUT2D eigenvalue weighted by atomic mass is 16.5. The van der Waals surface area contributed by atoms with E-state index in [1.807, 2.05) is 0 Å². The molecule has 6 nitrogen and oxygen atoms in total. The van der Waals surface area contributed by atoms with Gasteiger partial charge in [-0.1, -0.05) is 12.1 Å². The fraction of sp³-hybridized carbons (Fsp3) is 0.333. The third kappa shape index (κ3) is 4.15. The van der Waals surface area contributed by atoms with E-state index in [0.717, 1.165) is 5.56 Å². The van der Waals surface area contributed by atoms with Crippen molar-refractivity contribution in [1.29, 1.82) is 0 Å². The minimum absolute atomic E-state index is 0.194. The fourth-order valence-electron chi connectivity index (χ4n) is 1.24. The van der Waals surface area contributed by atoms with Crippen molar-refractivity contribution in [3.63, 3.8) is 0 Å². The second kappa shape index (κ2) is 6.13. The van der Waals surface area contributed by atoms with Crippen LogP contribution in [-0.2, 0) is 16.0 Å². The molecule has 0 aliphatic carbocycles. The SMILES string of the molecule is CC(O)C(=O)Oc1ccc(CC(N)C(=O)O)cc1. The van der Waals surface area contributed by atoms with Gasteiger partial charge in [0.05, 0.1) is 0 Å². The summed E-state index contributed by atoms with van der Waals surface area (Å²) in [5.41, 5.74) is 6.11. The number of aliphatic hydroxyl groups is 1. The van der Waals surface area contributed by atoms with Gasteiger partial charge in [-0.3, -0.25) is 4.79 Å². The molecular weight excluding hydrogens is 238 g/mol. The van der Waals surface area contributed by atoms with Crippen molar-refractivity contribution in [2.45, 2.75) is 25.5 Å². The maximum Gasteiger partial charge on any atom is 0.340 e. The van der Waals surface area contributed by atoms with Crippen LogP contribution in [0.4, 0.5) is 0 Å². The minimum atomic E-state index is -1.19. The smallest absolute Gasteiger partial charge is 0.340 e. The van der Waals surface area contributed by atoms with E-state index in [1.54, 1.807) is 12.1 Å². The first-order valence-electron chi connectivity index (χ1n) is 5.37. The normalized spacial score (nSPS) is 13.7. The summed E-state index contributed by atoms with van der Waals surface area (Å²) in [5, 5.41) is 17.6. The maximum absolute atomic E-state index is 11.1. The van der Waals surface area contributed by atoms with Crippen LogP contribution in [0.15, 0.2) is 24.3 Å². The lowest BCUT2D eigenvalue weighted by Crippen LogP contribution is -2.32.